The molecule has 1 atom stereocenters. The Morgan fingerprint density at radius 3 is 3.10 bits per heavy atom. The number of methoxy groups -OCH3 is 1. The number of rotatable bonds is 7. The van der Waals surface area contributed by atoms with Crippen molar-refractivity contribution in [2.75, 3.05) is 38.7 Å². The molecule has 0 bridgehead atoms. The molecular weight excluding hydrogens is 272 g/mol. The van der Waals surface area contributed by atoms with Crippen molar-refractivity contribution >= 4 is 11.9 Å². The zero-order chi connectivity index (χ0) is 15.1. The molecule has 0 saturated carbocycles. The lowest BCUT2D eigenvalue weighted by Crippen LogP contribution is -2.28. The molecule has 2 rings (SSSR count). The van der Waals surface area contributed by atoms with Crippen LogP contribution in [0.5, 0.6) is 0 Å². The summed E-state index contributed by atoms with van der Waals surface area (Å²) >= 11 is 0. The highest BCUT2D eigenvalue weighted by atomic mass is 16.5. The molecular formula is C14H22N4O3. The third-order valence-electron chi connectivity index (χ3n) is 3.19. The number of hydrogen-bond donors (Lipinski definition) is 2. The normalized spacial score (nSPS) is 17.7. The lowest BCUT2D eigenvalue weighted by molar-refractivity contribution is 0.0932. The number of ether oxygens (including phenoxy) is 2. The van der Waals surface area contributed by atoms with Crippen molar-refractivity contribution in [3.8, 4) is 0 Å². The van der Waals surface area contributed by atoms with Crippen LogP contribution in [0.4, 0.5) is 5.95 Å². The molecule has 2 heterocycles. The molecule has 7 nitrogen and oxygen atoms in total. The number of carbonyl (C=O) groups is 1. The van der Waals surface area contributed by atoms with Crippen LogP contribution in [-0.2, 0) is 9.47 Å². The molecule has 116 valence electrons. The Hall–Kier alpha value is -1.73. The van der Waals surface area contributed by atoms with Gasteiger partial charge in [0.05, 0.1) is 12.7 Å². The van der Waals surface area contributed by atoms with E-state index in [1.165, 1.54) is 0 Å². The minimum atomic E-state index is -0.224. The molecule has 1 aliphatic rings. The van der Waals surface area contributed by atoms with Crippen LogP contribution in [0, 0.1) is 6.92 Å². The molecule has 0 aliphatic carbocycles. The average Bonchev–Trinajstić information content (AvgIpc) is 2.98. The molecule has 1 aromatic heterocycles. The van der Waals surface area contributed by atoms with Gasteiger partial charge >= 0.3 is 0 Å². The Bertz CT molecular complexity index is 475. The van der Waals surface area contributed by atoms with Gasteiger partial charge in [-0.1, -0.05) is 0 Å². The first kappa shape index (κ1) is 15.7. The van der Waals surface area contributed by atoms with E-state index in [2.05, 4.69) is 20.6 Å². The van der Waals surface area contributed by atoms with Crippen molar-refractivity contribution in [2.45, 2.75) is 25.9 Å². The number of nitrogens with one attached hydrogen (secondary N) is 2. The van der Waals surface area contributed by atoms with Gasteiger partial charge in [0.15, 0.2) is 0 Å². The minimum absolute atomic E-state index is 0.202. The summed E-state index contributed by atoms with van der Waals surface area (Å²) in [5, 5.41) is 5.88. The predicted molar refractivity (Wildman–Crippen MR) is 78.4 cm³/mol. The molecule has 0 aromatic carbocycles. The number of amides is 1. The molecule has 0 spiro atoms. The third kappa shape index (κ3) is 4.95. The van der Waals surface area contributed by atoms with Gasteiger partial charge in [0.25, 0.3) is 5.91 Å². The Kier molecular flexibility index (Phi) is 5.89. The van der Waals surface area contributed by atoms with Crippen molar-refractivity contribution in [3.63, 3.8) is 0 Å². The zero-order valence-corrected chi connectivity index (χ0v) is 12.5. The van der Waals surface area contributed by atoms with Gasteiger partial charge in [-0.15, -0.1) is 0 Å². The Labute approximate surface area is 124 Å². The van der Waals surface area contributed by atoms with E-state index in [1.54, 1.807) is 13.2 Å². The molecule has 1 saturated heterocycles. The van der Waals surface area contributed by atoms with Crippen LogP contribution in [0.2, 0.25) is 0 Å². The lowest BCUT2D eigenvalue weighted by atomic mass is 10.2. The van der Waals surface area contributed by atoms with E-state index in [1.807, 2.05) is 6.92 Å². The van der Waals surface area contributed by atoms with E-state index in [4.69, 9.17) is 9.47 Å². The smallest absolute Gasteiger partial charge is 0.270 e. The molecule has 1 unspecified atom stereocenters. The Morgan fingerprint density at radius 2 is 2.38 bits per heavy atom. The second-order valence-electron chi connectivity index (χ2n) is 4.98. The summed E-state index contributed by atoms with van der Waals surface area (Å²) in [7, 11) is 1.59. The van der Waals surface area contributed by atoms with Gasteiger partial charge in [-0.2, -0.15) is 0 Å². The molecule has 1 aliphatic heterocycles. The average molecular weight is 294 g/mol. The highest BCUT2D eigenvalue weighted by Gasteiger charge is 2.16. The maximum Gasteiger partial charge on any atom is 0.270 e. The van der Waals surface area contributed by atoms with Gasteiger partial charge in [0.2, 0.25) is 5.95 Å². The van der Waals surface area contributed by atoms with Gasteiger partial charge in [0, 0.05) is 32.5 Å². The monoisotopic (exact) mass is 294 g/mol. The Morgan fingerprint density at radius 1 is 1.52 bits per heavy atom. The van der Waals surface area contributed by atoms with E-state index in [0.717, 1.165) is 25.1 Å². The fraction of sp³-hybridized carbons (Fsp3) is 0.643. The largest absolute Gasteiger partial charge is 0.383 e. The van der Waals surface area contributed by atoms with E-state index in [0.29, 0.717) is 31.3 Å². The van der Waals surface area contributed by atoms with Crippen LogP contribution in [0.1, 0.15) is 29.0 Å². The first-order chi connectivity index (χ1) is 10.2. The Balaban J connectivity index is 1.93. The first-order valence-corrected chi connectivity index (χ1v) is 7.17. The summed E-state index contributed by atoms with van der Waals surface area (Å²) in [5.41, 5.74) is 1.10. The number of carbonyl (C=O) groups excluding carboxylic acids is 1. The lowest BCUT2D eigenvalue weighted by Gasteiger charge is -2.12. The number of anilines is 1. The molecule has 2 N–H and O–H groups in total. The van der Waals surface area contributed by atoms with E-state index in [9.17, 15) is 4.79 Å². The van der Waals surface area contributed by atoms with E-state index < -0.39 is 0 Å². The zero-order valence-electron chi connectivity index (χ0n) is 12.5. The highest BCUT2D eigenvalue weighted by molar-refractivity contribution is 5.92. The minimum Gasteiger partial charge on any atom is -0.383 e. The van der Waals surface area contributed by atoms with Crippen molar-refractivity contribution in [2.24, 2.45) is 0 Å². The fourth-order valence-electron chi connectivity index (χ4n) is 2.13. The van der Waals surface area contributed by atoms with Crippen molar-refractivity contribution in [1.82, 2.24) is 15.3 Å². The molecule has 1 amide bonds. The molecule has 1 aromatic rings. The first-order valence-electron chi connectivity index (χ1n) is 7.17. The van der Waals surface area contributed by atoms with Crippen LogP contribution >= 0.6 is 0 Å². The number of aryl methyl sites for hydroxylation is 1. The number of hydrogen-bond acceptors (Lipinski definition) is 6. The van der Waals surface area contributed by atoms with Gasteiger partial charge in [-0.3, -0.25) is 4.79 Å². The standard InChI is InChI=1S/C14H22N4O3/c1-10-8-12(13(19)15-5-7-20-2)18-14(17-10)16-9-11-4-3-6-21-11/h8,11H,3-7,9H2,1-2H3,(H,15,19)(H,16,17,18). The van der Waals surface area contributed by atoms with Crippen molar-refractivity contribution < 1.29 is 14.3 Å². The van der Waals surface area contributed by atoms with Crippen LogP contribution in [0.15, 0.2) is 6.07 Å². The van der Waals surface area contributed by atoms with E-state index in [-0.39, 0.29) is 12.0 Å². The maximum atomic E-state index is 12.0. The summed E-state index contributed by atoms with van der Waals surface area (Å²) in [4.78, 5) is 20.5. The second-order valence-corrected chi connectivity index (χ2v) is 4.98. The van der Waals surface area contributed by atoms with Gasteiger partial charge in [0.1, 0.15) is 5.69 Å². The summed E-state index contributed by atoms with van der Waals surface area (Å²) in [6, 6.07) is 1.67. The topological polar surface area (TPSA) is 85.4 Å². The van der Waals surface area contributed by atoms with Gasteiger partial charge in [-0.25, -0.2) is 9.97 Å². The van der Waals surface area contributed by atoms with Gasteiger partial charge in [-0.05, 0) is 25.8 Å². The summed E-state index contributed by atoms with van der Waals surface area (Å²) in [5.74, 6) is 0.236. The molecule has 7 heteroatoms. The van der Waals surface area contributed by atoms with Crippen LogP contribution in [-0.4, -0.2) is 55.4 Å². The van der Waals surface area contributed by atoms with Crippen molar-refractivity contribution in [3.05, 3.63) is 17.5 Å². The number of nitrogens with zero attached hydrogens (tertiary/aromatic N) is 2. The molecule has 0 radical (unpaired) electrons. The maximum absolute atomic E-state index is 12.0. The van der Waals surface area contributed by atoms with Crippen LogP contribution < -0.4 is 10.6 Å². The van der Waals surface area contributed by atoms with Crippen molar-refractivity contribution in [1.29, 1.82) is 0 Å². The van der Waals surface area contributed by atoms with Crippen LogP contribution in [0.25, 0.3) is 0 Å². The van der Waals surface area contributed by atoms with Crippen LogP contribution in [0.3, 0.4) is 0 Å². The quantitative estimate of drug-likeness (QED) is 0.722. The highest BCUT2D eigenvalue weighted by Crippen LogP contribution is 2.12. The third-order valence-corrected chi connectivity index (χ3v) is 3.19. The van der Waals surface area contributed by atoms with E-state index >= 15 is 0 Å². The number of aromatic nitrogens is 2. The molecule has 1 fully saturated rings. The summed E-state index contributed by atoms with van der Waals surface area (Å²) in [6.07, 6.45) is 2.34. The van der Waals surface area contributed by atoms with Gasteiger partial charge < -0.3 is 20.1 Å². The molecule has 21 heavy (non-hydrogen) atoms. The summed E-state index contributed by atoms with van der Waals surface area (Å²) in [6.45, 7) is 4.24. The SMILES string of the molecule is COCCNC(=O)c1cc(C)nc(NCC2CCCO2)n1. The predicted octanol–water partition coefficient (Wildman–Crippen LogP) is 0.752. The fourth-order valence-corrected chi connectivity index (χ4v) is 2.13. The second kappa shape index (κ2) is 7.90. The summed E-state index contributed by atoms with van der Waals surface area (Å²) < 4.78 is 10.4.